The molecule has 1 aromatic heterocycles. The summed E-state index contributed by atoms with van der Waals surface area (Å²) in [6.07, 6.45) is 0. The highest BCUT2D eigenvalue weighted by Crippen LogP contribution is 2.21. The van der Waals surface area contributed by atoms with Crippen molar-refractivity contribution >= 4 is 33.6 Å². The third-order valence-electron chi connectivity index (χ3n) is 2.30. The van der Waals surface area contributed by atoms with Gasteiger partial charge in [0.2, 0.25) is 0 Å². The summed E-state index contributed by atoms with van der Waals surface area (Å²) in [5.74, 6) is 0.761. The van der Waals surface area contributed by atoms with Gasteiger partial charge in [0.1, 0.15) is 11.6 Å². The molecule has 0 N–H and O–H groups in total. The van der Waals surface area contributed by atoms with Crippen LogP contribution in [-0.4, -0.2) is 9.55 Å². The number of benzene rings is 1. The predicted octanol–water partition coefficient (Wildman–Crippen LogP) is 3.11. The number of hydrogen-bond acceptors (Lipinski definition) is 1. The number of aryl methyl sites for hydroxylation is 2. The molecule has 0 unspecified atom stereocenters. The quantitative estimate of drug-likeness (QED) is 0.740. The van der Waals surface area contributed by atoms with Gasteiger partial charge in [-0.25, -0.2) is 9.37 Å². The summed E-state index contributed by atoms with van der Waals surface area (Å²) >= 11 is 1.98. The van der Waals surface area contributed by atoms with Crippen LogP contribution in [0.4, 0.5) is 4.39 Å². The molecule has 1 aromatic carbocycles. The zero-order valence-electron chi connectivity index (χ0n) is 8.01. The van der Waals surface area contributed by atoms with E-state index in [1.165, 1.54) is 0 Å². The van der Waals surface area contributed by atoms with Crippen molar-refractivity contribution in [1.82, 2.24) is 9.55 Å². The lowest BCUT2D eigenvalue weighted by Gasteiger charge is -2.01. The van der Waals surface area contributed by atoms with Crippen molar-refractivity contribution in [2.75, 3.05) is 0 Å². The molecule has 2 nitrogen and oxygen atoms in total. The van der Waals surface area contributed by atoms with Gasteiger partial charge in [-0.2, -0.15) is 0 Å². The van der Waals surface area contributed by atoms with Gasteiger partial charge in [0.15, 0.2) is 0 Å². The maximum Gasteiger partial charge on any atom is 0.138 e. The number of hydrogen-bond donors (Lipinski definition) is 0. The number of rotatable bonds is 1. The summed E-state index contributed by atoms with van der Waals surface area (Å²) in [6, 6.07) is 3.34. The third-order valence-corrected chi connectivity index (χ3v) is 3.12. The van der Waals surface area contributed by atoms with Crippen LogP contribution in [0.5, 0.6) is 0 Å². The van der Waals surface area contributed by atoms with Gasteiger partial charge in [-0.1, -0.05) is 0 Å². The van der Waals surface area contributed by atoms with Crippen molar-refractivity contribution in [3.63, 3.8) is 0 Å². The topological polar surface area (TPSA) is 17.8 Å². The Morgan fingerprint density at radius 2 is 2.21 bits per heavy atom. The molecule has 0 fully saturated rings. The van der Waals surface area contributed by atoms with Crippen LogP contribution in [0.15, 0.2) is 12.1 Å². The van der Waals surface area contributed by atoms with Crippen LogP contribution in [0.1, 0.15) is 12.7 Å². The fourth-order valence-electron chi connectivity index (χ4n) is 1.64. The third kappa shape index (κ3) is 1.41. The fraction of sp³-hybridized carbons (Fsp3) is 0.300. The molecule has 0 aliphatic rings. The molecular formula is C10H10FIN2. The van der Waals surface area contributed by atoms with E-state index < -0.39 is 0 Å². The largest absolute Gasteiger partial charge is 0.328 e. The van der Waals surface area contributed by atoms with E-state index in [0.717, 1.165) is 23.4 Å². The van der Waals surface area contributed by atoms with E-state index >= 15 is 0 Å². The predicted molar refractivity (Wildman–Crippen MR) is 62.8 cm³/mol. The van der Waals surface area contributed by atoms with Gasteiger partial charge in [-0.15, -0.1) is 0 Å². The molecule has 0 radical (unpaired) electrons. The van der Waals surface area contributed by atoms with E-state index in [9.17, 15) is 4.39 Å². The second kappa shape index (κ2) is 3.49. The highest BCUT2D eigenvalue weighted by Gasteiger charge is 2.09. The summed E-state index contributed by atoms with van der Waals surface area (Å²) in [6.45, 7) is 4.79. The SMILES string of the molecule is CCn1c(C)nc2cc(I)c(F)cc21. The van der Waals surface area contributed by atoms with E-state index in [2.05, 4.69) is 4.98 Å². The second-order valence-corrected chi connectivity index (χ2v) is 4.32. The molecule has 0 amide bonds. The number of nitrogens with zero attached hydrogens (tertiary/aromatic N) is 2. The lowest BCUT2D eigenvalue weighted by molar-refractivity contribution is 0.620. The van der Waals surface area contributed by atoms with Crippen molar-refractivity contribution in [2.24, 2.45) is 0 Å². The zero-order chi connectivity index (χ0) is 10.3. The lowest BCUT2D eigenvalue weighted by Crippen LogP contribution is -1.96. The standard InChI is InChI=1S/C10H10FIN2/c1-3-14-6(2)13-9-5-8(12)7(11)4-10(9)14/h4-5H,3H2,1-2H3. The van der Waals surface area contributed by atoms with Gasteiger partial charge in [0.05, 0.1) is 14.6 Å². The molecule has 0 saturated carbocycles. The Morgan fingerprint density at radius 1 is 1.50 bits per heavy atom. The first-order valence-electron chi connectivity index (χ1n) is 4.45. The van der Waals surface area contributed by atoms with Crippen molar-refractivity contribution < 1.29 is 4.39 Å². The maximum absolute atomic E-state index is 13.3. The van der Waals surface area contributed by atoms with Crippen molar-refractivity contribution in [2.45, 2.75) is 20.4 Å². The summed E-state index contributed by atoms with van der Waals surface area (Å²) in [5, 5.41) is 0. The molecule has 4 heteroatoms. The molecule has 0 saturated heterocycles. The van der Waals surface area contributed by atoms with Crippen molar-refractivity contribution in [3.8, 4) is 0 Å². The Morgan fingerprint density at radius 3 is 2.86 bits per heavy atom. The summed E-state index contributed by atoms with van der Waals surface area (Å²) in [4.78, 5) is 4.38. The van der Waals surface area contributed by atoms with Crippen molar-refractivity contribution in [1.29, 1.82) is 0 Å². The first kappa shape index (κ1) is 9.89. The summed E-state index contributed by atoms with van der Waals surface area (Å²) < 4.78 is 16.0. The van der Waals surface area contributed by atoms with Crippen LogP contribution in [0.3, 0.4) is 0 Å². The van der Waals surface area contributed by atoms with Gasteiger partial charge >= 0.3 is 0 Å². The average Bonchev–Trinajstić information content (AvgIpc) is 2.42. The van der Waals surface area contributed by atoms with Gasteiger partial charge in [-0.3, -0.25) is 0 Å². The van der Waals surface area contributed by atoms with E-state index in [1.54, 1.807) is 12.1 Å². The number of fused-ring (bicyclic) bond motifs is 1. The minimum Gasteiger partial charge on any atom is -0.328 e. The Labute approximate surface area is 95.3 Å². The van der Waals surface area contributed by atoms with Crippen LogP contribution in [0.25, 0.3) is 11.0 Å². The average molecular weight is 304 g/mol. The Bertz CT molecular complexity index is 490. The molecular weight excluding hydrogens is 294 g/mol. The molecule has 0 bridgehead atoms. The molecule has 0 atom stereocenters. The molecule has 1 heterocycles. The molecule has 2 aromatic rings. The summed E-state index contributed by atoms with van der Waals surface area (Å²) in [7, 11) is 0. The number of imidazole rings is 1. The minimum atomic E-state index is -0.173. The van der Waals surface area contributed by atoms with Gasteiger partial charge in [0.25, 0.3) is 0 Å². The van der Waals surface area contributed by atoms with E-state index in [4.69, 9.17) is 0 Å². The van der Waals surface area contributed by atoms with E-state index in [0.29, 0.717) is 3.57 Å². The Hall–Kier alpha value is -0.650. The van der Waals surface area contributed by atoms with E-state index in [-0.39, 0.29) is 5.82 Å². The second-order valence-electron chi connectivity index (χ2n) is 3.16. The molecule has 2 rings (SSSR count). The zero-order valence-corrected chi connectivity index (χ0v) is 10.2. The monoisotopic (exact) mass is 304 g/mol. The number of aromatic nitrogens is 2. The van der Waals surface area contributed by atoms with Crippen molar-refractivity contribution in [3.05, 3.63) is 27.3 Å². The van der Waals surface area contributed by atoms with E-state index in [1.807, 2.05) is 41.0 Å². The molecule has 74 valence electrons. The molecule has 0 aliphatic heterocycles. The van der Waals surface area contributed by atoms with Gasteiger partial charge < -0.3 is 4.57 Å². The Balaban J connectivity index is 2.82. The molecule has 14 heavy (non-hydrogen) atoms. The minimum absolute atomic E-state index is 0.173. The fourth-order valence-corrected chi connectivity index (χ4v) is 2.09. The van der Waals surface area contributed by atoms with Crippen LogP contribution >= 0.6 is 22.6 Å². The van der Waals surface area contributed by atoms with Crippen LogP contribution in [-0.2, 0) is 6.54 Å². The highest BCUT2D eigenvalue weighted by atomic mass is 127. The van der Waals surface area contributed by atoms with Crippen LogP contribution < -0.4 is 0 Å². The van der Waals surface area contributed by atoms with Gasteiger partial charge in [0, 0.05) is 12.6 Å². The maximum atomic E-state index is 13.3. The molecule has 0 spiro atoms. The van der Waals surface area contributed by atoms with Crippen LogP contribution in [0, 0.1) is 16.3 Å². The lowest BCUT2D eigenvalue weighted by atomic mass is 10.3. The smallest absolute Gasteiger partial charge is 0.138 e. The van der Waals surface area contributed by atoms with Crippen LogP contribution in [0.2, 0.25) is 0 Å². The first-order valence-corrected chi connectivity index (χ1v) is 5.53. The number of halogens is 2. The van der Waals surface area contributed by atoms with Gasteiger partial charge in [-0.05, 0) is 42.5 Å². The molecule has 0 aliphatic carbocycles. The highest BCUT2D eigenvalue weighted by molar-refractivity contribution is 14.1. The Kier molecular flexibility index (Phi) is 2.47. The summed E-state index contributed by atoms with van der Waals surface area (Å²) in [5.41, 5.74) is 1.75. The normalized spacial score (nSPS) is 11.1. The first-order chi connectivity index (χ1) is 6.63.